The smallest absolute Gasteiger partial charge is 0.252 e. The highest BCUT2D eigenvalue weighted by atomic mass is 16.1. The van der Waals surface area contributed by atoms with Crippen molar-refractivity contribution in [1.82, 2.24) is 10.3 Å². The van der Waals surface area contributed by atoms with Gasteiger partial charge in [-0.05, 0) is 36.8 Å². The third-order valence-corrected chi connectivity index (χ3v) is 4.45. The number of fused-ring (bicyclic) bond motifs is 2. The van der Waals surface area contributed by atoms with Crippen LogP contribution in [0.25, 0.3) is 32.9 Å². The number of para-hydroxylation sites is 1. The zero-order valence-corrected chi connectivity index (χ0v) is 14.9. The first-order valence-corrected chi connectivity index (χ1v) is 8.82. The number of rotatable bonds is 3. The van der Waals surface area contributed by atoms with Gasteiger partial charge in [-0.2, -0.15) is 0 Å². The monoisotopic (exact) mass is 340 g/mol. The molecule has 4 rings (SSSR count). The number of pyridine rings is 1. The van der Waals surface area contributed by atoms with E-state index in [2.05, 4.69) is 29.6 Å². The number of carbonyl (C=O) groups excluding carboxylic acids is 1. The number of benzene rings is 3. The minimum atomic E-state index is -0.0694. The largest absolute Gasteiger partial charge is 0.350 e. The highest BCUT2D eigenvalue weighted by molar-refractivity contribution is 6.08. The normalized spacial score (nSPS) is 11.2. The summed E-state index contributed by atoms with van der Waals surface area (Å²) in [5.74, 6) is -0.0694. The second-order valence-electron chi connectivity index (χ2n) is 6.73. The van der Waals surface area contributed by atoms with Crippen molar-refractivity contribution in [3.8, 4) is 11.3 Å². The van der Waals surface area contributed by atoms with Crippen LogP contribution in [-0.2, 0) is 0 Å². The Hall–Kier alpha value is -3.20. The molecule has 26 heavy (non-hydrogen) atoms. The van der Waals surface area contributed by atoms with Gasteiger partial charge in [0.05, 0.1) is 16.8 Å². The Labute approximate surface area is 152 Å². The van der Waals surface area contributed by atoms with Gasteiger partial charge < -0.3 is 5.32 Å². The molecular weight excluding hydrogens is 320 g/mol. The first-order valence-electron chi connectivity index (χ1n) is 8.82. The van der Waals surface area contributed by atoms with Crippen LogP contribution in [-0.4, -0.2) is 16.9 Å². The van der Waals surface area contributed by atoms with Crippen LogP contribution >= 0.6 is 0 Å². The van der Waals surface area contributed by atoms with Crippen molar-refractivity contribution < 1.29 is 4.79 Å². The molecule has 3 nitrogen and oxygen atoms in total. The first-order chi connectivity index (χ1) is 12.6. The average Bonchev–Trinajstić information content (AvgIpc) is 2.66. The van der Waals surface area contributed by atoms with Crippen molar-refractivity contribution in [1.29, 1.82) is 0 Å². The molecule has 0 aliphatic rings. The summed E-state index contributed by atoms with van der Waals surface area (Å²) in [6.07, 6.45) is 0. The lowest BCUT2D eigenvalue weighted by molar-refractivity contribution is 0.0945. The number of hydrogen-bond acceptors (Lipinski definition) is 2. The van der Waals surface area contributed by atoms with E-state index in [1.807, 2.05) is 62.4 Å². The average molecular weight is 340 g/mol. The third-order valence-electron chi connectivity index (χ3n) is 4.45. The van der Waals surface area contributed by atoms with Crippen LogP contribution in [0.1, 0.15) is 24.2 Å². The predicted octanol–water partition coefficient (Wildman–Crippen LogP) is 5.19. The number of nitrogens with one attached hydrogen (secondary N) is 1. The summed E-state index contributed by atoms with van der Waals surface area (Å²) >= 11 is 0. The maximum Gasteiger partial charge on any atom is 0.252 e. The predicted molar refractivity (Wildman–Crippen MR) is 107 cm³/mol. The molecule has 0 aliphatic carbocycles. The van der Waals surface area contributed by atoms with Gasteiger partial charge >= 0.3 is 0 Å². The molecule has 4 aromatic rings. The third kappa shape index (κ3) is 2.92. The van der Waals surface area contributed by atoms with E-state index in [0.717, 1.165) is 32.9 Å². The van der Waals surface area contributed by atoms with Crippen LogP contribution in [0.4, 0.5) is 0 Å². The summed E-state index contributed by atoms with van der Waals surface area (Å²) in [6, 6.07) is 24.2. The van der Waals surface area contributed by atoms with E-state index < -0.39 is 0 Å². The van der Waals surface area contributed by atoms with Gasteiger partial charge in [-0.1, -0.05) is 60.7 Å². The van der Waals surface area contributed by atoms with Gasteiger partial charge in [-0.15, -0.1) is 0 Å². The van der Waals surface area contributed by atoms with Gasteiger partial charge in [-0.3, -0.25) is 4.79 Å². The van der Waals surface area contributed by atoms with Crippen LogP contribution in [0.2, 0.25) is 0 Å². The van der Waals surface area contributed by atoms with Crippen molar-refractivity contribution in [3.05, 3.63) is 78.4 Å². The SMILES string of the molecule is CC(C)NC(=O)c1cc(-c2cccc3ccccc23)nc2ccccc12. The molecule has 1 N–H and O–H groups in total. The number of carbonyl (C=O) groups is 1. The molecule has 1 heterocycles. The minimum absolute atomic E-state index is 0.0694. The Morgan fingerprint density at radius 2 is 1.58 bits per heavy atom. The topological polar surface area (TPSA) is 42.0 Å². The summed E-state index contributed by atoms with van der Waals surface area (Å²) in [5.41, 5.74) is 3.33. The highest BCUT2D eigenvalue weighted by Gasteiger charge is 2.15. The number of nitrogens with zero attached hydrogens (tertiary/aromatic N) is 1. The van der Waals surface area contributed by atoms with Gasteiger partial charge in [0.1, 0.15) is 0 Å². The molecule has 0 spiro atoms. The lowest BCUT2D eigenvalue weighted by atomic mass is 9.99. The summed E-state index contributed by atoms with van der Waals surface area (Å²) in [5, 5.41) is 6.16. The molecule has 1 amide bonds. The maximum atomic E-state index is 12.8. The van der Waals surface area contributed by atoms with Crippen molar-refractivity contribution in [3.63, 3.8) is 0 Å². The van der Waals surface area contributed by atoms with Gasteiger partial charge in [-0.25, -0.2) is 4.98 Å². The van der Waals surface area contributed by atoms with Gasteiger partial charge in [0.2, 0.25) is 0 Å². The van der Waals surface area contributed by atoms with Crippen LogP contribution in [0.15, 0.2) is 72.8 Å². The maximum absolute atomic E-state index is 12.8. The van der Waals surface area contributed by atoms with E-state index >= 15 is 0 Å². The van der Waals surface area contributed by atoms with Crippen LogP contribution < -0.4 is 5.32 Å². The van der Waals surface area contributed by atoms with Crippen molar-refractivity contribution >= 4 is 27.6 Å². The molecule has 0 saturated carbocycles. The van der Waals surface area contributed by atoms with E-state index in [-0.39, 0.29) is 11.9 Å². The molecule has 128 valence electrons. The summed E-state index contributed by atoms with van der Waals surface area (Å²) in [6.45, 7) is 3.93. The van der Waals surface area contributed by atoms with Gasteiger partial charge in [0.25, 0.3) is 5.91 Å². The summed E-state index contributed by atoms with van der Waals surface area (Å²) in [4.78, 5) is 17.6. The zero-order chi connectivity index (χ0) is 18.1. The fourth-order valence-corrected chi connectivity index (χ4v) is 3.29. The van der Waals surface area contributed by atoms with E-state index in [0.29, 0.717) is 5.56 Å². The quantitative estimate of drug-likeness (QED) is 0.557. The standard InChI is InChI=1S/C23H20N2O/c1-15(2)24-23(26)20-14-22(25-21-13-6-5-11-19(20)21)18-12-7-9-16-8-3-4-10-17(16)18/h3-15H,1-2H3,(H,24,26). The Bertz CT molecular complexity index is 1110. The second-order valence-corrected chi connectivity index (χ2v) is 6.73. The van der Waals surface area contributed by atoms with E-state index in [1.165, 1.54) is 0 Å². The fraction of sp³-hybridized carbons (Fsp3) is 0.130. The van der Waals surface area contributed by atoms with Crippen molar-refractivity contribution in [2.24, 2.45) is 0 Å². The van der Waals surface area contributed by atoms with Gasteiger partial charge in [0.15, 0.2) is 0 Å². The Morgan fingerprint density at radius 1 is 0.885 bits per heavy atom. The number of hydrogen-bond donors (Lipinski definition) is 1. The summed E-state index contributed by atoms with van der Waals surface area (Å²) in [7, 11) is 0. The first kappa shape index (κ1) is 16.3. The van der Waals surface area contributed by atoms with Crippen LogP contribution in [0.3, 0.4) is 0 Å². The number of aromatic nitrogens is 1. The molecule has 1 aromatic heterocycles. The molecular formula is C23H20N2O. The molecule has 0 aliphatic heterocycles. The van der Waals surface area contributed by atoms with E-state index in [1.54, 1.807) is 0 Å². The Morgan fingerprint density at radius 3 is 2.38 bits per heavy atom. The fourth-order valence-electron chi connectivity index (χ4n) is 3.29. The van der Waals surface area contributed by atoms with Gasteiger partial charge in [0, 0.05) is 17.0 Å². The second kappa shape index (κ2) is 6.60. The Balaban J connectivity index is 1.97. The van der Waals surface area contributed by atoms with Crippen LogP contribution in [0.5, 0.6) is 0 Å². The molecule has 0 saturated heterocycles. The van der Waals surface area contributed by atoms with E-state index in [9.17, 15) is 4.79 Å². The molecule has 0 atom stereocenters. The zero-order valence-electron chi connectivity index (χ0n) is 14.9. The summed E-state index contributed by atoms with van der Waals surface area (Å²) < 4.78 is 0. The minimum Gasteiger partial charge on any atom is -0.350 e. The lowest BCUT2D eigenvalue weighted by Crippen LogP contribution is -2.30. The molecule has 3 aromatic carbocycles. The van der Waals surface area contributed by atoms with Crippen molar-refractivity contribution in [2.75, 3.05) is 0 Å². The van der Waals surface area contributed by atoms with E-state index in [4.69, 9.17) is 4.98 Å². The number of amides is 1. The lowest BCUT2D eigenvalue weighted by Gasteiger charge is -2.13. The van der Waals surface area contributed by atoms with Crippen LogP contribution in [0, 0.1) is 0 Å². The molecule has 0 fully saturated rings. The highest BCUT2D eigenvalue weighted by Crippen LogP contribution is 2.30. The molecule has 0 radical (unpaired) electrons. The Kier molecular flexibility index (Phi) is 4.13. The van der Waals surface area contributed by atoms with Crippen molar-refractivity contribution in [2.45, 2.75) is 19.9 Å². The molecule has 3 heteroatoms. The molecule has 0 unspecified atom stereocenters. The molecule has 0 bridgehead atoms.